The van der Waals surface area contributed by atoms with Crippen molar-refractivity contribution < 1.29 is 9.47 Å². The predicted molar refractivity (Wildman–Crippen MR) is 51.4 cm³/mol. The summed E-state index contributed by atoms with van der Waals surface area (Å²) >= 11 is 0. The Morgan fingerprint density at radius 3 is 2.42 bits per heavy atom. The topological polar surface area (TPSA) is 18.5 Å². The van der Waals surface area contributed by atoms with Crippen molar-refractivity contribution >= 4 is 0 Å². The van der Waals surface area contributed by atoms with E-state index in [9.17, 15) is 0 Å². The maximum Gasteiger partial charge on any atom is 0.0649 e. The highest BCUT2D eigenvalue weighted by Gasteiger charge is 1.89. The van der Waals surface area contributed by atoms with E-state index < -0.39 is 0 Å². The van der Waals surface area contributed by atoms with Gasteiger partial charge in [-0.3, -0.25) is 0 Å². The lowest BCUT2D eigenvalue weighted by Crippen LogP contribution is -1.95. The van der Waals surface area contributed by atoms with Crippen LogP contribution in [0.3, 0.4) is 0 Å². The fourth-order valence-corrected chi connectivity index (χ4v) is 0.799. The van der Waals surface area contributed by atoms with Crippen LogP contribution in [-0.2, 0) is 9.47 Å². The second kappa shape index (κ2) is 8.75. The van der Waals surface area contributed by atoms with Gasteiger partial charge in [-0.15, -0.1) is 0 Å². The van der Waals surface area contributed by atoms with Crippen molar-refractivity contribution in [2.45, 2.75) is 27.2 Å². The van der Waals surface area contributed by atoms with Gasteiger partial charge in [0.25, 0.3) is 0 Å². The normalized spacial score (nSPS) is 12.1. The molecule has 0 aromatic rings. The first-order valence-corrected chi connectivity index (χ1v) is 4.62. The van der Waals surface area contributed by atoms with E-state index in [2.05, 4.69) is 13.0 Å². The summed E-state index contributed by atoms with van der Waals surface area (Å²) in [6.07, 6.45) is 3.13. The molecule has 0 heterocycles. The van der Waals surface area contributed by atoms with E-state index in [4.69, 9.17) is 9.47 Å². The van der Waals surface area contributed by atoms with Gasteiger partial charge in [0.2, 0.25) is 0 Å². The Morgan fingerprint density at radius 1 is 1.17 bits per heavy atom. The molecule has 0 saturated carbocycles. The van der Waals surface area contributed by atoms with Gasteiger partial charge in [-0.1, -0.05) is 11.6 Å². The van der Waals surface area contributed by atoms with Crippen molar-refractivity contribution in [3.05, 3.63) is 11.6 Å². The van der Waals surface area contributed by atoms with Gasteiger partial charge in [-0.05, 0) is 27.2 Å². The van der Waals surface area contributed by atoms with Crippen LogP contribution in [0.1, 0.15) is 27.2 Å². The highest BCUT2D eigenvalue weighted by atomic mass is 16.5. The van der Waals surface area contributed by atoms with Crippen LogP contribution in [0.15, 0.2) is 11.6 Å². The van der Waals surface area contributed by atoms with E-state index in [-0.39, 0.29) is 0 Å². The third kappa shape index (κ3) is 7.76. The van der Waals surface area contributed by atoms with Gasteiger partial charge in [0.1, 0.15) is 0 Å². The van der Waals surface area contributed by atoms with E-state index in [1.165, 1.54) is 5.57 Å². The molecule has 2 nitrogen and oxygen atoms in total. The Morgan fingerprint density at radius 2 is 1.83 bits per heavy atom. The lowest BCUT2D eigenvalue weighted by molar-refractivity contribution is 0.150. The number of rotatable bonds is 7. The van der Waals surface area contributed by atoms with Crippen LogP contribution in [-0.4, -0.2) is 26.4 Å². The molecule has 0 bridgehead atoms. The molecule has 0 aliphatic carbocycles. The molecule has 0 N–H and O–H groups in total. The van der Waals surface area contributed by atoms with Crippen LogP contribution in [0.5, 0.6) is 0 Å². The minimum atomic E-state index is 0.731. The summed E-state index contributed by atoms with van der Waals surface area (Å²) in [5, 5.41) is 0. The van der Waals surface area contributed by atoms with E-state index in [0.717, 1.165) is 32.8 Å². The summed E-state index contributed by atoms with van der Waals surface area (Å²) in [5.74, 6) is 0. The van der Waals surface area contributed by atoms with Gasteiger partial charge in [-0.2, -0.15) is 0 Å². The molecular formula is C10H20O2. The van der Waals surface area contributed by atoms with Crippen molar-refractivity contribution in [3.8, 4) is 0 Å². The molecule has 0 saturated heterocycles. The first-order valence-electron chi connectivity index (χ1n) is 4.62. The predicted octanol–water partition coefficient (Wildman–Crippen LogP) is 2.40. The zero-order valence-electron chi connectivity index (χ0n) is 8.43. The lowest BCUT2D eigenvalue weighted by Gasteiger charge is -2.01. The van der Waals surface area contributed by atoms with Gasteiger partial charge in [0.05, 0.1) is 13.2 Å². The van der Waals surface area contributed by atoms with Crippen molar-refractivity contribution in [1.29, 1.82) is 0 Å². The van der Waals surface area contributed by atoms with Crippen LogP contribution in [0.4, 0.5) is 0 Å². The average Bonchev–Trinajstić information content (AvgIpc) is 2.06. The quantitative estimate of drug-likeness (QED) is 0.433. The molecule has 2 heteroatoms. The number of ether oxygens (including phenoxy) is 2. The first kappa shape index (κ1) is 11.7. The van der Waals surface area contributed by atoms with E-state index in [1.807, 2.05) is 13.8 Å². The molecule has 12 heavy (non-hydrogen) atoms. The summed E-state index contributed by atoms with van der Waals surface area (Å²) in [5.41, 5.74) is 1.34. The molecule has 0 aromatic heterocycles. The molecule has 0 radical (unpaired) electrons. The minimum Gasteiger partial charge on any atom is -0.381 e. The van der Waals surface area contributed by atoms with E-state index >= 15 is 0 Å². The molecule has 0 amide bonds. The fourth-order valence-electron chi connectivity index (χ4n) is 0.799. The summed E-state index contributed by atoms with van der Waals surface area (Å²) in [6, 6.07) is 0. The molecule has 0 atom stereocenters. The monoisotopic (exact) mass is 172 g/mol. The Bertz CT molecular complexity index is 119. The maximum absolute atomic E-state index is 5.23. The minimum absolute atomic E-state index is 0.731. The van der Waals surface area contributed by atoms with Crippen LogP contribution >= 0.6 is 0 Å². The van der Waals surface area contributed by atoms with Crippen LogP contribution in [0.2, 0.25) is 0 Å². The van der Waals surface area contributed by atoms with Crippen LogP contribution in [0.25, 0.3) is 0 Å². The summed E-state index contributed by atoms with van der Waals surface area (Å²) in [6.45, 7) is 9.27. The SMILES string of the molecule is CCOC/C=C(\C)CCOCC. The smallest absolute Gasteiger partial charge is 0.0649 e. The number of hydrogen-bond donors (Lipinski definition) is 0. The Balaban J connectivity index is 3.29. The third-order valence-corrected chi connectivity index (χ3v) is 1.60. The van der Waals surface area contributed by atoms with E-state index in [0.29, 0.717) is 0 Å². The second-order valence-electron chi connectivity index (χ2n) is 2.66. The highest BCUT2D eigenvalue weighted by Crippen LogP contribution is 1.99. The molecule has 0 aliphatic heterocycles. The molecule has 0 aliphatic rings. The first-order chi connectivity index (χ1) is 5.81. The van der Waals surface area contributed by atoms with Crippen molar-refractivity contribution in [2.75, 3.05) is 26.4 Å². The molecule has 0 spiro atoms. The summed E-state index contributed by atoms with van der Waals surface area (Å²) < 4.78 is 10.4. The Hall–Kier alpha value is -0.340. The molecule has 0 fully saturated rings. The fraction of sp³-hybridized carbons (Fsp3) is 0.800. The van der Waals surface area contributed by atoms with Gasteiger partial charge in [0, 0.05) is 13.2 Å². The van der Waals surface area contributed by atoms with Gasteiger partial charge < -0.3 is 9.47 Å². The second-order valence-corrected chi connectivity index (χ2v) is 2.66. The average molecular weight is 172 g/mol. The Labute approximate surface area is 75.6 Å². The standard InChI is InChI=1S/C10H20O2/c1-4-11-8-6-10(3)7-9-12-5-2/h6H,4-5,7-9H2,1-3H3/b10-6+. The largest absolute Gasteiger partial charge is 0.381 e. The molecule has 0 aromatic carbocycles. The zero-order chi connectivity index (χ0) is 9.23. The third-order valence-electron chi connectivity index (χ3n) is 1.60. The van der Waals surface area contributed by atoms with Gasteiger partial charge >= 0.3 is 0 Å². The van der Waals surface area contributed by atoms with Crippen molar-refractivity contribution in [1.82, 2.24) is 0 Å². The molecule has 0 unspecified atom stereocenters. The van der Waals surface area contributed by atoms with Crippen LogP contribution in [0, 0.1) is 0 Å². The maximum atomic E-state index is 5.23. The van der Waals surface area contributed by atoms with Gasteiger partial charge in [0.15, 0.2) is 0 Å². The molecular weight excluding hydrogens is 152 g/mol. The highest BCUT2D eigenvalue weighted by molar-refractivity contribution is 4.97. The van der Waals surface area contributed by atoms with Crippen molar-refractivity contribution in [2.24, 2.45) is 0 Å². The summed E-state index contributed by atoms with van der Waals surface area (Å²) in [4.78, 5) is 0. The molecule has 72 valence electrons. The van der Waals surface area contributed by atoms with Crippen molar-refractivity contribution in [3.63, 3.8) is 0 Å². The molecule has 0 rings (SSSR count). The number of hydrogen-bond acceptors (Lipinski definition) is 2. The lowest BCUT2D eigenvalue weighted by atomic mass is 10.2. The van der Waals surface area contributed by atoms with E-state index in [1.54, 1.807) is 0 Å². The van der Waals surface area contributed by atoms with Gasteiger partial charge in [-0.25, -0.2) is 0 Å². The van der Waals surface area contributed by atoms with Crippen LogP contribution < -0.4 is 0 Å². The Kier molecular flexibility index (Phi) is 8.51. The summed E-state index contributed by atoms with van der Waals surface area (Å²) in [7, 11) is 0. The zero-order valence-corrected chi connectivity index (χ0v) is 8.43.